The van der Waals surface area contributed by atoms with E-state index in [9.17, 15) is 10.1 Å². The minimum atomic E-state index is -0.431. The van der Waals surface area contributed by atoms with Crippen LogP contribution in [0.1, 0.15) is 37.7 Å². The summed E-state index contributed by atoms with van der Waals surface area (Å²) < 4.78 is 0. The summed E-state index contributed by atoms with van der Waals surface area (Å²) in [7, 11) is 0. The molecule has 2 rings (SSSR count). The van der Waals surface area contributed by atoms with Gasteiger partial charge in [-0.05, 0) is 37.2 Å². The van der Waals surface area contributed by atoms with Gasteiger partial charge < -0.3 is 5.73 Å². The maximum Gasteiger partial charge on any atom is 0.270 e. The molecule has 0 heterocycles. The monoisotopic (exact) mass is 282 g/mol. The number of hydrogen-bond donors (Lipinski definition) is 1. The Kier molecular flexibility index (Phi) is 4.77. The minimum absolute atomic E-state index is 0.0360. The first-order chi connectivity index (χ1) is 9.08. The van der Waals surface area contributed by atoms with Gasteiger partial charge in [0.15, 0.2) is 0 Å². The fraction of sp³-hybridized carbons (Fsp3) is 0.571. The number of halogens is 1. The van der Waals surface area contributed by atoms with Crippen molar-refractivity contribution >= 4 is 17.3 Å². The van der Waals surface area contributed by atoms with Crippen molar-refractivity contribution in [3.63, 3.8) is 0 Å². The van der Waals surface area contributed by atoms with Crippen molar-refractivity contribution in [2.75, 3.05) is 0 Å². The summed E-state index contributed by atoms with van der Waals surface area (Å²) in [5.41, 5.74) is 7.18. The third-order valence-corrected chi connectivity index (χ3v) is 4.35. The van der Waals surface area contributed by atoms with Gasteiger partial charge in [-0.15, -0.1) is 0 Å². The number of rotatable bonds is 5. The highest BCUT2D eigenvalue weighted by Gasteiger charge is 2.22. The molecule has 0 radical (unpaired) electrons. The van der Waals surface area contributed by atoms with Crippen LogP contribution in [0.5, 0.6) is 0 Å². The van der Waals surface area contributed by atoms with E-state index >= 15 is 0 Å². The zero-order valence-corrected chi connectivity index (χ0v) is 11.6. The number of nitrogens with zero attached hydrogens (tertiary/aromatic N) is 1. The SMILES string of the molecule is NC(CCc1ccc([N+](=O)[O-])cc1Cl)C1CCCC1. The quantitative estimate of drug-likeness (QED) is 0.661. The summed E-state index contributed by atoms with van der Waals surface area (Å²) in [5.74, 6) is 0.636. The molecule has 104 valence electrons. The van der Waals surface area contributed by atoms with Gasteiger partial charge in [0.2, 0.25) is 0 Å². The summed E-state index contributed by atoms with van der Waals surface area (Å²) in [4.78, 5) is 10.2. The van der Waals surface area contributed by atoms with Crippen molar-refractivity contribution in [1.29, 1.82) is 0 Å². The van der Waals surface area contributed by atoms with E-state index in [4.69, 9.17) is 17.3 Å². The largest absolute Gasteiger partial charge is 0.327 e. The van der Waals surface area contributed by atoms with Crippen molar-refractivity contribution in [3.8, 4) is 0 Å². The fourth-order valence-electron chi connectivity index (χ4n) is 2.80. The predicted octanol–water partition coefficient (Wildman–Crippen LogP) is 3.70. The number of benzene rings is 1. The van der Waals surface area contributed by atoms with Crippen molar-refractivity contribution < 1.29 is 4.92 Å². The molecule has 1 aliphatic carbocycles. The molecule has 19 heavy (non-hydrogen) atoms. The van der Waals surface area contributed by atoms with Gasteiger partial charge in [0.05, 0.1) is 9.95 Å². The Hall–Kier alpha value is -1.13. The second-order valence-corrected chi connectivity index (χ2v) is 5.69. The molecule has 1 aliphatic rings. The lowest BCUT2D eigenvalue weighted by molar-refractivity contribution is -0.384. The van der Waals surface area contributed by atoms with Gasteiger partial charge in [-0.2, -0.15) is 0 Å². The lowest BCUT2D eigenvalue weighted by Gasteiger charge is -2.18. The number of hydrogen-bond acceptors (Lipinski definition) is 3. The van der Waals surface area contributed by atoms with Crippen LogP contribution in [0.3, 0.4) is 0 Å². The number of nitro groups is 1. The molecular formula is C14H19ClN2O2. The molecule has 0 saturated heterocycles. The molecule has 0 aliphatic heterocycles. The molecule has 0 amide bonds. The number of non-ortho nitro benzene ring substituents is 1. The number of nitro benzene ring substituents is 1. The Morgan fingerprint density at radius 1 is 1.42 bits per heavy atom. The predicted molar refractivity (Wildman–Crippen MR) is 76.4 cm³/mol. The summed E-state index contributed by atoms with van der Waals surface area (Å²) in [6, 6.07) is 4.87. The maximum atomic E-state index is 10.6. The average molecular weight is 283 g/mol. The van der Waals surface area contributed by atoms with Crippen LogP contribution < -0.4 is 5.73 Å². The van der Waals surface area contributed by atoms with Crippen LogP contribution in [0, 0.1) is 16.0 Å². The Bertz CT molecular complexity index is 459. The van der Waals surface area contributed by atoms with E-state index in [0.717, 1.165) is 18.4 Å². The van der Waals surface area contributed by atoms with Gasteiger partial charge in [0.1, 0.15) is 0 Å². The Morgan fingerprint density at radius 3 is 2.68 bits per heavy atom. The zero-order valence-electron chi connectivity index (χ0n) is 10.8. The van der Waals surface area contributed by atoms with Gasteiger partial charge in [0.25, 0.3) is 5.69 Å². The topological polar surface area (TPSA) is 69.2 Å². The highest BCUT2D eigenvalue weighted by molar-refractivity contribution is 6.31. The molecule has 1 unspecified atom stereocenters. The Morgan fingerprint density at radius 2 is 2.11 bits per heavy atom. The molecule has 1 fully saturated rings. The van der Waals surface area contributed by atoms with Gasteiger partial charge in [0, 0.05) is 18.2 Å². The molecule has 5 heteroatoms. The van der Waals surface area contributed by atoms with Gasteiger partial charge in [-0.25, -0.2) is 0 Å². The number of nitrogens with two attached hydrogens (primary N) is 1. The highest BCUT2D eigenvalue weighted by Crippen LogP contribution is 2.29. The average Bonchev–Trinajstić information content (AvgIpc) is 2.90. The van der Waals surface area contributed by atoms with Crippen LogP contribution in [-0.2, 0) is 6.42 Å². The first-order valence-electron chi connectivity index (χ1n) is 6.76. The van der Waals surface area contributed by atoms with Crippen LogP contribution in [0.4, 0.5) is 5.69 Å². The molecule has 0 bridgehead atoms. The first kappa shape index (κ1) is 14.3. The van der Waals surface area contributed by atoms with E-state index in [1.807, 2.05) is 0 Å². The smallest absolute Gasteiger partial charge is 0.270 e. The van der Waals surface area contributed by atoms with E-state index in [1.165, 1.54) is 37.8 Å². The molecule has 0 aromatic heterocycles. The Labute approximate surface area is 118 Å². The van der Waals surface area contributed by atoms with Gasteiger partial charge in [-0.3, -0.25) is 10.1 Å². The highest BCUT2D eigenvalue weighted by atomic mass is 35.5. The third-order valence-electron chi connectivity index (χ3n) is 4.00. The van der Waals surface area contributed by atoms with Crippen molar-refractivity contribution in [3.05, 3.63) is 38.9 Å². The van der Waals surface area contributed by atoms with Gasteiger partial charge >= 0.3 is 0 Å². The second-order valence-electron chi connectivity index (χ2n) is 5.28. The van der Waals surface area contributed by atoms with Crippen LogP contribution in [-0.4, -0.2) is 11.0 Å². The van der Waals surface area contributed by atoms with Crippen LogP contribution >= 0.6 is 11.6 Å². The first-order valence-corrected chi connectivity index (χ1v) is 7.14. The second kappa shape index (κ2) is 6.35. The van der Waals surface area contributed by atoms with E-state index < -0.39 is 4.92 Å². The summed E-state index contributed by atoms with van der Waals surface area (Å²) in [5, 5.41) is 11.1. The Balaban J connectivity index is 1.93. The standard InChI is InChI=1S/C14H19ClN2O2/c15-13-9-12(17(18)19)7-5-10(13)6-8-14(16)11-3-1-2-4-11/h5,7,9,11,14H,1-4,6,8,16H2. The molecule has 1 saturated carbocycles. The normalized spacial score (nSPS) is 17.6. The lowest BCUT2D eigenvalue weighted by Crippen LogP contribution is -2.28. The lowest BCUT2D eigenvalue weighted by atomic mass is 9.93. The molecule has 2 N–H and O–H groups in total. The van der Waals surface area contributed by atoms with Crippen LogP contribution in [0.25, 0.3) is 0 Å². The van der Waals surface area contributed by atoms with Crippen molar-refractivity contribution in [2.45, 2.75) is 44.6 Å². The summed E-state index contributed by atoms with van der Waals surface area (Å²) in [6.07, 6.45) is 6.72. The molecule has 1 aromatic carbocycles. The van der Waals surface area contributed by atoms with Crippen LogP contribution in [0.15, 0.2) is 18.2 Å². The van der Waals surface area contributed by atoms with E-state index in [0.29, 0.717) is 10.9 Å². The number of aryl methyl sites for hydroxylation is 1. The van der Waals surface area contributed by atoms with E-state index in [2.05, 4.69) is 0 Å². The van der Waals surface area contributed by atoms with Crippen molar-refractivity contribution in [2.24, 2.45) is 11.7 Å². The molecule has 1 atom stereocenters. The fourth-order valence-corrected chi connectivity index (χ4v) is 3.07. The molecule has 1 aromatic rings. The molecule has 0 spiro atoms. The zero-order chi connectivity index (χ0) is 13.8. The molecule has 4 nitrogen and oxygen atoms in total. The summed E-state index contributed by atoms with van der Waals surface area (Å²) >= 11 is 6.07. The maximum absolute atomic E-state index is 10.6. The van der Waals surface area contributed by atoms with E-state index in [-0.39, 0.29) is 11.7 Å². The minimum Gasteiger partial charge on any atom is -0.327 e. The summed E-state index contributed by atoms with van der Waals surface area (Å²) in [6.45, 7) is 0. The van der Waals surface area contributed by atoms with Crippen LogP contribution in [0.2, 0.25) is 5.02 Å². The van der Waals surface area contributed by atoms with Crippen molar-refractivity contribution in [1.82, 2.24) is 0 Å². The third kappa shape index (κ3) is 3.67. The molecular weight excluding hydrogens is 264 g/mol. The van der Waals surface area contributed by atoms with E-state index in [1.54, 1.807) is 6.07 Å². The van der Waals surface area contributed by atoms with Gasteiger partial charge in [-0.1, -0.05) is 30.5 Å².